The predicted molar refractivity (Wildman–Crippen MR) is 102 cm³/mol. The van der Waals surface area contributed by atoms with E-state index in [9.17, 15) is 9.59 Å². The summed E-state index contributed by atoms with van der Waals surface area (Å²) in [6.07, 6.45) is 0. The molecule has 0 unspecified atom stereocenters. The Balaban J connectivity index is 0.000000223. The highest BCUT2D eigenvalue weighted by Crippen LogP contribution is 2.25. The molecule has 27 heavy (non-hydrogen) atoms. The topological polar surface area (TPSA) is 104 Å². The second kappa shape index (κ2) is 8.71. The van der Waals surface area contributed by atoms with E-state index in [1.807, 2.05) is 36.4 Å². The molecule has 140 valence electrons. The third-order valence-corrected chi connectivity index (χ3v) is 4.08. The number of methoxy groups -OCH3 is 1. The molecule has 0 bridgehead atoms. The average Bonchev–Trinajstić information content (AvgIpc) is 2.67. The standard InChI is InChI=1S/C14H14O3.C7H6O3/c1-9(14(15)16)10-3-4-12-8-13(17-2)6-5-11(12)7-10;8-6-4-2-1-3-5(6)7(9)10/h3-9H,1-2H3,(H,15,16);1-4,8H,(H,9,10)/t9-;/m0./s1. The Hall–Kier alpha value is -3.54. The highest BCUT2D eigenvalue weighted by atomic mass is 16.5. The molecular formula is C21H20O6. The minimum absolute atomic E-state index is 0.0671. The Morgan fingerprint density at radius 1 is 0.926 bits per heavy atom. The van der Waals surface area contributed by atoms with Crippen molar-refractivity contribution >= 4 is 22.7 Å². The van der Waals surface area contributed by atoms with Crippen LogP contribution >= 0.6 is 0 Å². The number of carboxylic acid groups (broad SMARTS) is 2. The van der Waals surface area contributed by atoms with Crippen molar-refractivity contribution in [3.63, 3.8) is 0 Å². The molecular weight excluding hydrogens is 348 g/mol. The molecule has 3 rings (SSSR count). The van der Waals surface area contributed by atoms with E-state index in [0.29, 0.717) is 0 Å². The number of phenols is 1. The summed E-state index contributed by atoms with van der Waals surface area (Å²) in [4.78, 5) is 21.2. The third-order valence-electron chi connectivity index (χ3n) is 4.08. The maximum atomic E-state index is 10.9. The van der Waals surface area contributed by atoms with E-state index in [-0.39, 0.29) is 11.3 Å². The Morgan fingerprint density at radius 3 is 2.11 bits per heavy atom. The number of aromatic hydroxyl groups is 1. The number of aliphatic carboxylic acids is 1. The first-order valence-corrected chi connectivity index (χ1v) is 8.15. The zero-order valence-corrected chi connectivity index (χ0v) is 14.9. The average molecular weight is 368 g/mol. The number of ether oxygens (including phenoxy) is 1. The first-order chi connectivity index (χ1) is 12.8. The van der Waals surface area contributed by atoms with Crippen LogP contribution in [-0.4, -0.2) is 34.4 Å². The van der Waals surface area contributed by atoms with Crippen LogP contribution in [0.25, 0.3) is 10.8 Å². The van der Waals surface area contributed by atoms with E-state index in [1.165, 1.54) is 12.1 Å². The van der Waals surface area contributed by atoms with Gasteiger partial charge in [-0.3, -0.25) is 4.79 Å². The van der Waals surface area contributed by atoms with Crippen molar-refractivity contribution in [2.75, 3.05) is 7.11 Å². The van der Waals surface area contributed by atoms with Gasteiger partial charge in [-0.15, -0.1) is 0 Å². The molecule has 0 aliphatic heterocycles. The minimum atomic E-state index is -1.11. The van der Waals surface area contributed by atoms with Crippen LogP contribution in [0.3, 0.4) is 0 Å². The van der Waals surface area contributed by atoms with E-state index in [1.54, 1.807) is 26.2 Å². The van der Waals surface area contributed by atoms with Crippen molar-refractivity contribution in [2.24, 2.45) is 0 Å². The van der Waals surface area contributed by atoms with Gasteiger partial charge in [-0.2, -0.15) is 0 Å². The van der Waals surface area contributed by atoms with E-state index in [0.717, 1.165) is 22.1 Å². The summed E-state index contributed by atoms with van der Waals surface area (Å²) in [5.74, 6) is -1.80. The van der Waals surface area contributed by atoms with Crippen molar-refractivity contribution in [2.45, 2.75) is 12.8 Å². The lowest BCUT2D eigenvalue weighted by atomic mass is 9.98. The third kappa shape index (κ3) is 4.98. The SMILES string of the molecule is COc1ccc2cc([C@H](C)C(=O)O)ccc2c1.O=C(O)c1ccccc1O. The van der Waals surface area contributed by atoms with E-state index in [4.69, 9.17) is 20.1 Å². The largest absolute Gasteiger partial charge is 0.507 e. The first-order valence-electron chi connectivity index (χ1n) is 8.15. The molecule has 0 amide bonds. The Kier molecular flexibility index (Phi) is 6.38. The van der Waals surface area contributed by atoms with Crippen molar-refractivity contribution in [3.8, 4) is 11.5 Å². The van der Waals surface area contributed by atoms with Gasteiger partial charge in [0.25, 0.3) is 0 Å². The van der Waals surface area contributed by atoms with Gasteiger partial charge in [-0.1, -0.05) is 36.4 Å². The van der Waals surface area contributed by atoms with Crippen LogP contribution in [0.2, 0.25) is 0 Å². The smallest absolute Gasteiger partial charge is 0.339 e. The number of rotatable bonds is 4. The number of carboxylic acids is 2. The molecule has 0 heterocycles. The van der Waals surface area contributed by atoms with Gasteiger partial charge in [-0.25, -0.2) is 4.79 Å². The monoisotopic (exact) mass is 368 g/mol. The summed E-state index contributed by atoms with van der Waals surface area (Å²) in [5.41, 5.74) is 0.748. The summed E-state index contributed by atoms with van der Waals surface area (Å²) in [5, 5.41) is 28.3. The fourth-order valence-corrected chi connectivity index (χ4v) is 2.44. The minimum Gasteiger partial charge on any atom is -0.507 e. The highest BCUT2D eigenvalue weighted by molar-refractivity contribution is 5.90. The molecule has 0 fully saturated rings. The van der Waals surface area contributed by atoms with Crippen molar-refractivity contribution in [1.29, 1.82) is 0 Å². The second-order valence-electron chi connectivity index (χ2n) is 5.85. The summed E-state index contributed by atoms with van der Waals surface area (Å²) in [6, 6.07) is 17.2. The van der Waals surface area contributed by atoms with Gasteiger partial charge >= 0.3 is 11.9 Å². The molecule has 0 saturated carbocycles. The quantitative estimate of drug-likeness (QED) is 0.640. The zero-order chi connectivity index (χ0) is 20.0. The van der Waals surface area contributed by atoms with Gasteiger partial charge in [-0.05, 0) is 47.5 Å². The van der Waals surface area contributed by atoms with E-state index in [2.05, 4.69) is 0 Å². The van der Waals surface area contributed by atoms with E-state index < -0.39 is 17.9 Å². The van der Waals surface area contributed by atoms with Crippen LogP contribution < -0.4 is 4.74 Å². The summed E-state index contributed by atoms with van der Waals surface area (Å²) in [6.45, 7) is 1.69. The lowest BCUT2D eigenvalue weighted by Gasteiger charge is -2.08. The Morgan fingerprint density at radius 2 is 1.56 bits per heavy atom. The lowest BCUT2D eigenvalue weighted by molar-refractivity contribution is -0.138. The molecule has 0 spiro atoms. The van der Waals surface area contributed by atoms with Crippen molar-refractivity contribution in [1.82, 2.24) is 0 Å². The van der Waals surface area contributed by atoms with Gasteiger partial charge in [0.15, 0.2) is 0 Å². The van der Waals surface area contributed by atoms with Gasteiger partial charge in [0.1, 0.15) is 17.1 Å². The molecule has 6 nitrogen and oxygen atoms in total. The number of aromatic carboxylic acids is 1. The molecule has 0 radical (unpaired) electrons. The zero-order valence-electron chi connectivity index (χ0n) is 14.9. The second-order valence-corrected chi connectivity index (χ2v) is 5.85. The number of fused-ring (bicyclic) bond motifs is 1. The maximum Gasteiger partial charge on any atom is 0.339 e. The van der Waals surface area contributed by atoms with Crippen LogP contribution in [-0.2, 0) is 4.79 Å². The summed E-state index contributed by atoms with van der Waals surface area (Å²) in [7, 11) is 1.63. The molecule has 3 aromatic rings. The van der Waals surface area contributed by atoms with Crippen molar-refractivity contribution < 1.29 is 29.6 Å². The number of carbonyl (C=O) groups is 2. The van der Waals surface area contributed by atoms with Crippen LogP contribution in [0.5, 0.6) is 11.5 Å². The molecule has 0 saturated heterocycles. The summed E-state index contributed by atoms with van der Waals surface area (Å²) >= 11 is 0. The molecule has 0 aromatic heterocycles. The fourth-order valence-electron chi connectivity index (χ4n) is 2.44. The molecule has 1 atom stereocenters. The lowest BCUT2D eigenvalue weighted by Crippen LogP contribution is -2.06. The number of hydrogen-bond donors (Lipinski definition) is 3. The number of hydrogen-bond acceptors (Lipinski definition) is 4. The van der Waals surface area contributed by atoms with Crippen LogP contribution in [0.1, 0.15) is 28.8 Å². The van der Waals surface area contributed by atoms with Crippen LogP contribution in [0.15, 0.2) is 60.7 Å². The molecule has 0 aliphatic rings. The van der Waals surface area contributed by atoms with Gasteiger partial charge in [0.2, 0.25) is 0 Å². The molecule has 3 aromatic carbocycles. The Bertz CT molecular complexity index is 964. The first kappa shape index (κ1) is 19.8. The van der Waals surface area contributed by atoms with E-state index >= 15 is 0 Å². The predicted octanol–water partition coefficient (Wildman–Crippen LogP) is 4.13. The van der Waals surface area contributed by atoms with Crippen LogP contribution in [0.4, 0.5) is 0 Å². The van der Waals surface area contributed by atoms with Gasteiger partial charge in [0.05, 0.1) is 13.0 Å². The summed E-state index contributed by atoms with van der Waals surface area (Å²) < 4.78 is 5.14. The molecule has 6 heteroatoms. The van der Waals surface area contributed by atoms with Crippen LogP contribution in [0, 0.1) is 0 Å². The Labute approximate surface area is 156 Å². The van der Waals surface area contributed by atoms with Gasteiger partial charge < -0.3 is 20.1 Å². The fraction of sp³-hybridized carbons (Fsp3) is 0.143. The molecule has 3 N–H and O–H groups in total. The number of benzene rings is 3. The highest BCUT2D eigenvalue weighted by Gasteiger charge is 2.13. The number of para-hydroxylation sites is 1. The normalized spacial score (nSPS) is 11.2. The van der Waals surface area contributed by atoms with Crippen molar-refractivity contribution in [3.05, 3.63) is 71.8 Å². The van der Waals surface area contributed by atoms with Gasteiger partial charge in [0, 0.05) is 0 Å². The molecule has 0 aliphatic carbocycles. The maximum absolute atomic E-state index is 10.9.